The minimum absolute atomic E-state index is 0.0467. The summed E-state index contributed by atoms with van der Waals surface area (Å²) >= 11 is 0. The monoisotopic (exact) mass is 204 g/mol. The Hall–Kier alpha value is -1.35. The van der Waals surface area contributed by atoms with Crippen molar-refractivity contribution < 1.29 is 4.79 Å². The molecule has 3 heteroatoms. The highest BCUT2D eigenvalue weighted by Gasteiger charge is 2.26. The lowest BCUT2D eigenvalue weighted by Gasteiger charge is -2.18. The third-order valence-electron chi connectivity index (χ3n) is 3.05. The molecule has 15 heavy (non-hydrogen) atoms. The van der Waals surface area contributed by atoms with Gasteiger partial charge in [-0.25, -0.2) is 0 Å². The number of nitrogens with zero attached hydrogens (tertiary/aromatic N) is 2. The van der Waals surface area contributed by atoms with Gasteiger partial charge in [-0.15, -0.1) is 0 Å². The molecule has 0 atom stereocenters. The fourth-order valence-corrected chi connectivity index (χ4v) is 2.13. The zero-order chi connectivity index (χ0) is 11.1. The molecule has 1 saturated carbocycles. The van der Waals surface area contributed by atoms with Crippen molar-refractivity contribution in [2.45, 2.75) is 44.9 Å². The average Bonchev–Trinajstić information content (AvgIpc) is 2.18. The van der Waals surface area contributed by atoms with Crippen LogP contribution in [0, 0.1) is 34.5 Å². The van der Waals surface area contributed by atoms with Crippen LogP contribution >= 0.6 is 0 Å². The fraction of sp³-hybridized carbons (Fsp3) is 0.750. The van der Waals surface area contributed by atoms with E-state index in [1.165, 1.54) is 19.3 Å². The normalized spacial score (nSPS) is 18.6. The topological polar surface area (TPSA) is 64.7 Å². The zero-order valence-electron chi connectivity index (χ0n) is 8.91. The van der Waals surface area contributed by atoms with E-state index in [2.05, 4.69) is 0 Å². The van der Waals surface area contributed by atoms with Crippen LogP contribution in [0.4, 0.5) is 0 Å². The van der Waals surface area contributed by atoms with Crippen LogP contribution in [-0.4, -0.2) is 5.78 Å². The molecule has 0 aromatic rings. The molecule has 0 N–H and O–H groups in total. The molecule has 0 aromatic carbocycles. The summed E-state index contributed by atoms with van der Waals surface area (Å²) in [6.07, 6.45) is 7.43. The summed E-state index contributed by atoms with van der Waals surface area (Å²) < 4.78 is 0. The van der Waals surface area contributed by atoms with Crippen LogP contribution in [0.25, 0.3) is 0 Å². The van der Waals surface area contributed by atoms with Crippen molar-refractivity contribution in [3.05, 3.63) is 0 Å². The van der Waals surface area contributed by atoms with Crippen LogP contribution in [0.1, 0.15) is 44.9 Å². The Kier molecular flexibility index (Phi) is 4.84. The van der Waals surface area contributed by atoms with Crippen molar-refractivity contribution in [1.29, 1.82) is 10.5 Å². The molecule has 0 aliphatic heterocycles. The van der Waals surface area contributed by atoms with Crippen LogP contribution < -0.4 is 0 Å². The number of ketones is 1. The van der Waals surface area contributed by atoms with Crippen molar-refractivity contribution in [3.8, 4) is 12.1 Å². The van der Waals surface area contributed by atoms with E-state index < -0.39 is 5.92 Å². The standard InChI is InChI=1S/C12H16N2O/c13-8-11(9-14)12(15)10-6-4-2-1-3-5-7-10/h10-11H,1-7H2. The Morgan fingerprint density at radius 1 is 1.00 bits per heavy atom. The van der Waals surface area contributed by atoms with Crippen LogP contribution in [0.3, 0.4) is 0 Å². The van der Waals surface area contributed by atoms with Gasteiger partial charge in [0.15, 0.2) is 11.7 Å². The van der Waals surface area contributed by atoms with Gasteiger partial charge >= 0.3 is 0 Å². The van der Waals surface area contributed by atoms with Crippen molar-refractivity contribution in [3.63, 3.8) is 0 Å². The first kappa shape index (κ1) is 11.7. The first-order valence-electron chi connectivity index (χ1n) is 5.62. The average molecular weight is 204 g/mol. The van der Waals surface area contributed by atoms with Gasteiger partial charge in [-0.1, -0.05) is 32.1 Å². The summed E-state index contributed by atoms with van der Waals surface area (Å²) in [7, 11) is 0. The second kappa shape index (κ2) is 6.19. The van der Waals surface area contributed by atoms with E-state index in [1.807, 2.05) is 0 Å². The van der Waals surface area contributed by atoms with Crippen molar-refractivity contribution in [2.24, 2.45) is 11.8 Å². The van der Waals surface area contributed by atoms with Gasteiger partial charge in [-0.2, -0.15) is 10.5 Å². The molecular weight excluding hydrogens is 188 g/mol. The summed E-state index contributed by atoms with van der Waals surface area (Å²) in [6.45, 7) is 0. The van der Waals surface area contributed by atoms with Gasteiger partial charge in [0.05, 0.1) is 12.1 Å². The highest BCUT2D eigenvalue weighted by molar-refractivity contribution is 5.87. The number of Topliss-reactive ketones (excluding diaryl/α,β-unsaturated/α-hetero) is 1. The maximum atomic E-state index is 11.8. The van der Waals surface area contributed by atoms with Gasteiger partial charge in [-0.05, 0) is 12.8 Å². The van der Waals surface area contributed by atoms with E-state index in [0.717, 1.165) is 25.7 Å². The minimum atomic E-state index is -1.05. The Morgan fingerprint density at radius 2 is 1.47 bits per heavy atom. The Bertz CT molecular complexity index is 276. The molecule has 3 nitrogen and oxygen atoms in total. The highest BCUT2D eigenvalue weighted by Crippen LogP contribution is 2.24. The first-order valence-corrected chi connectivity index (χ1v) is 5.62. The highest BCUT2D eigenvalue weighted by atomic mass is 16.1. The van der Waals surface area contributed by atoms with Gasteiger partial charge in [-0.3, -0.25) is 4.79 Å². The molecule has 80 valence electrons. The van der Waals surface area contributed by atoms with Gasteiger partial charge in [0.2, 0.25) is 0 Å². The number of rotatable bonds is 2. The number of hydrogen-bond donors (Lipinski definition) is 0. The smallest absolute Gasteiger partial charge is 0.191 e. The molecule has 0 saturated heterocycles. The molecule has 0 spiro atoms. The molecule has 1 aliphatic carbocycles. The molecule has 1 fully saturated rings. The Balaban J connectivity index is 2.57. The maximum absolute atomic E-state index is 11.8. The maximum Gasteiger partial charge on any atom is 0.191 e. The van der Waals surface area contributed by atoms with E-state index in [4.69, 9.17) is 10.5 Å². The van der Waals surface area contributed by atoms with Gasteiger partial charge in [0, 0.05) is 5.92 Å². The molecule has 0 aromatic heterocycles. The number of hydrogen-bond acceptors (Lipinski definition) is 3. The molecule has 0 radical (unpaired) electrons. The second-order valence-corrected chi connectivity index (χ2v) is 4.14. The van der Waals surface area contributed by atoms with Gasteiger partial charge < -0.3 is 0 Å². The number of nitriles is 2. The van der Waals surface area contributed by atoms with Crippen LogP contribution in [0.2, 0.25) is 0 Å². The molecular formula is C12H16N2O. The molecule has 0 amide bonds. The lowest BCUT2D eigenvalue weighted by Crippen LogP contribution is -2.22. The summed E-state index contributed by atoms with van der Waals surface area (Å²) in [5.74, 6) is -1.24. The molecule has 0 bridgehead atoms. The lowest BCUT2D eigenvalue weighted by atomic mass is 9.84. The molecule has 0 unspecified atom stereocenters. The predicted molar refractivity (Wildman–Crippen MR) is 55.5 cm³/mol. The molecule has 1 rings (SSSR count). The Labute approximate surface area is 90.7 Å². The quantitative estimate of drug-likeness (QED) is 0.694. The third-order valence-corrected chi connectivity index (χ3v) is 3.05. The SMILES string of the molecule is N#CC(C#N)C(=O)C1CCCCCCC1. The van der Waals surface area contributed by atoms with E-state index in [0.29, 0.717) is 0 Å². The Morgan fingerprint density at radius 3 is 1.93 bits per heavy atom. The first-order chi connectivity index (χ1) is 7.29. The third kappa shape index (κ3) is 3.36. The van der Waals surface area contributed by atoms with E-state index >= 15 is 0 Å². The van der Waals surface area contributed by atoms with Gasteiger partial charge in [0.1, 0.15) is 0 Å². The zero-order valence-corrected chi connectivity index (χ0v) is 8.91. The lowest BCUT2D eigenvalue weighted by molar-refractivity contribution is -0.124. The van der Waals surface area contributed by atoms with Crippen molar-refractivity contribution in [1.82, 2.24) is 0 Å². The molecule has 0 heterocycles. The van der Waals surface area contributed by atoms with Crippen molar-refractivity contribution in [2.75, 3.05) is 0 Å². The largest absolute Gasteiger partial charge is 0.297 e. The van der Waals surface area contributed by atoms with E-state index in [-0.39, 0.29) is 11.7 Å². The number of carbonyl (C=O) groups excluding carboxylic acids is 1. The van der Waals surface area contributed by atoms with Crippen LogP contribution in [0.15, 0.2) is 0 Å². The summed E-state index contributed by atoms with van der Waals surface area (Å²) in [5, 5.41) is 17.3. The second-order valence-electron chi connectivity index (χ2n) is 4.14. The van der Waals surface area contributed by atoms with Crippen LogP contribution in [0.5, 0.6) is 0 Å². The predicted octanol–water partition coefficient (Wildman–Crippen LogP) is 2.58. The van der Waals surface area contributed by atoms with Gasteiger partial charge in [0.25, 0.3) is 0 Å². The van der Waals surface area contributed by atoms with E-state index in [9.17, 15) is 4.79 Å². The minimum Gasteiger partial charge on any atom is -0.297 e. The molecule has 1 aliphatic rings. The van der Waals surface area contributed by atoms with E-state index in [1.54, 1.807) is 12.1 Å². The summed E-state index contributed by atoms with van der Waals surface area (Å²) in [6, 6.07) is 3.55. The summed E-state index contributed by atoms with van der Waals surface area (Å²) in [5.41, 5.74) is 0. The van der Waals surface area contributed by atoms with Crippen LogP contribution in [-0.2, 0) is 4.79 Å². The summed E-state index contributed by atoms with van der Waals surface area (Å²) in [4.78, 5) is 11.8. The van der Waals surface area contributed by atoms with Crippen molar-refractivity contribution >= 4 is 5.78 Å². The number of carbonyl (C=O) groups is 1. The fourth-order valence-electron chi connectivity index (χ4n) is 2.13.